The topological polar surface area (TPSA) is 35.0 Å². The van der Waals surface area contributed by atoms with E-state index in [1.165, 1.54) is 20.5 Å². The lowest BCUT2D eigenvalue weighted by Crippen LogP contribution is -2.40. The van der Waals surface area contributed by atoms with Crippen molar-refractivity contribution >= 4 is 58.2 Å². The van der Waals surface area contributed by atoms with Crippen LogP contribution in [-0.4, -0.2) is 26.1 Å². The van der Waals surface area contributed by atoms with E-state index in [4.69, 9.17) is 9.72 Å². The molecule has 2 aromatic heterocycles. The highest BCUT2D eigenvalue weighted by molar-refractivity contribution is 7.31. The van der Waals surface area contributed by atoms with Crippen LogP contribution < -0.4 is 14.4 Å². The van der Waals surface area contributed by atoms with Crippen LogP contribution in [-0.2, 0) is 0 Å². The number of rotatable bonds is 2. The average Bonchev–Trinajstić information content (AvgIpc) is 2.99. The molecule has 3 heterocycles. The number of aromatic nitrogens is 2. The molecule has 0 radical (unpaired) electrons. The number of hydrogen-bond donors (Lipinski definition) is 0. The van der Waals surface area contributed by atoms with Gasteiger partial charge in [-0.25, -0.2) is 9.97 Å². The molecule has 4 aromatic rings. The van der Waals surface area contributed by atoms with Crippen molar-refractivity contribution in [1.29, 1.82) is 0 Å². The lowest BCUT2D eigenvalue weighted by molar-refractivity contribution is 0.495. The molecule has 0 N–H and O–H groups in total. The van der Waals surface area contributed by atoms with Gasteiger partial charge in [0.25, 0.3) is 0 Å². The van der Waals surface area contributed by atoms with E-state index in [2.05, 4.69) is 74.6 Å². The Kier molecular flexibility index (Phi) is 3.70. The smallest absolute Gasteiger partial charge is 0.148 e. The van der Waals surface area contributed by atoms with Crippen LogP contribution >= 0.6 is 11.3 Å². The molecule has 0 fully saturated rings. The van der Waals surface area contributed by atoms with Crippen molar-refractivity contribution in [2.75, 3.05) is 0 Å². The Hall–Kier alpha value is -2.03. The van der Waals surface area contributed by atoms with Crippen molar-refractivity contribution in [3.05, 3.63) is 36.7 Å². The molecule has 0 atom stereocenters. The first kappa shape index (κ1) is 18.0. The van der Waals surface area contributed by atoms with E-state index in [-0.39, 0.29) is 0 Å². The van der Waals surface area contributed by atoms with Crippen LogP contribution in [0.3, 0.4) is 0 Å². The predicted octanol–water partition coefficient (Wildman–Crippen LogP) is 5.71. The number of benzene rings is 2. The standard InChI is InChI=1S/C22H24N2OSSi2/c1-27(2,3)20-14-10-8-7-9-13(14)11-15-17-16-19(25-18(15)20)22(28(4,5)6)26-21(16)24-12-23-17/h7-12H,1-6H3. The molecule has 0 spiro atoms. The van der Waals surface area contributed by atoms with Crippen LogP contribution in [0.15, 0.2) is 36.7 Å². The largest absolute Gasteiger partial charge is 0.455 e. The van der Waals surface area contributed by atoms with Gasteiger partial charge in [-0.15, -0.1) is 11.3 Å². The summed E-state index contributed by atoms with van der Waals surface area (Å²) in [5.41, 5.74) is 2.16. The first-order valence-electron chi connectivity index (χ1n) is 9.68. The SMILES string of the molecule is C[Si](C)(C)c1sc2ncnc3c2c1Oc1c-3cc2ccccc2c1[Si](C)(C)C. The highest BCUT2D eigenvalue weighted by Crippen LogP contribution is 2.48. The van der Waals surface area contributed by atoms with Gasteiger partial charge in [0.05, 0.1) is 27.2 Å². The van der Waals surface area contributed by atoms with Gasteiger partial charge in [0.15, 0.2) is 0 Å². The van der Waals surface area contributed by atoms with Gasteiger partial charge in [0.2, 0.25) is 0 Å². The maximum absolute atomic E-state index is 6.81. The lowest BCUT2D eigenvalue weighted by atomic mass is 10.00. The van der Waals surface area contributed by atoms with Crippen LogP contribution in [0.5, 0.6) is 11.5 Å². The third-order valence-electron chi connectivity index (χ3n) is 5.34. The molecule has 28 heavy (non-hydrogen) atoms. The van der Waals surface area contributed by atoms with Crippen LogP contribution in [0.1, 0.15) is 0 Å². The van der Waals surface area contributed by atoms with E-state index in [0.29, 0.717) is 0 Å². The van der Waals surface area contributed by atoms with E-state index in [0.717, 1.165) is 33.0 Å². The van der Waals surface area contributed by atoms with Crippen molar-refractivity contribution in [2.24, 2.45) is 0 Å². The summed E-state index contributed by atoms with van der Waals surface area (Å²) in [7, 11) is -3.25. The normalized spacial score (nSPS) is 13.6. The maximum Gasteiger partial charge on any atom is 0.148 e. The van der Waals surface area contributed by atoms with Crippen molar-refractivity contribution in [1.82, 2.24) is 9.97 Å². The molecular weight excluding hydrogens is 396 g/mol. The van der Waals surface area contributed by atoms with Gasteiger partial charge in [-0.3, -0.25) is 0 Å². The Morgan fingerprint density at radius 1 is 0.893 bits per heavy atom. The molecule has 142 valence electrons. The van der Waals surface area contributed by atoms with E-state index >= 15 is 0 Å². The number of nitrogens with zero attached hydrogens (tertiary/aromatic N) is 2. The Balaban J connectivity index is 1.96. The number of thiophene rings is 1. The molecule has 0 saturated heterocycles. The Morgan fingerprint density at radius 3 is 2.36 bits per heavy atom. The van der Waals surface area contributed by atoms with E-state index in [1.54, 1.807) is 17.7 Å². The fourth-order valence-corrected chi connectivity index (χ4v) is 9.26. The third kappa shape index (κ3) is 2.51. The minimum absolute atomic E-state index is 1.03. The highest BCUT2D eigenvalue weighted by Gasteiger charge is 2.36. The second-order valence-electron chi connectivity index (χ2n) is 9.61. The van der Waals surface area contributed by atoms with Crippen molar-refractivity contribution in [3.63, 3.8) is 0 Å². The zero-order valence-electron chi connectivity index (χ0n) is 17.2. The third-order valence-corrected chi connectivity index (χ3v) is 12.0. The summed E-state index contributed by atoms with van der Waals surface area (Å²) in [5.74, 6) is 2.06. The van der Waals surface area contributed by atoms with Gasteiger partial charge in [-0.2, -0.15) is 0 Å². The van der Waals surface area contributed by atoms with Gasteiger partial charge in [-0.1, -0.05) is 63.5 Å². The molecule has 1 aliphatic rings. The minimum Gasteiger partial charge on any atom is -0.455 e. The zero-order chi connectivity index (χ0) is 19.8. The van der Waals surface area contributed by atoms with Gasteiger partial charge < -0.3 is 4.74 Å². The summed E-state index contributed by atoms with van der Waals surface area (Å²) in [6.07, 6.45) is 1.71. The Labute approximate surface area is 171 Å². The van der Waals surface area contributed by atoms with Crippen LogP contribution in [0.2, 0.25) is 39.3 Å². The second kappa shape index (κ2) is 5.75. The van der Waals surface area contributed by atoms with Gasteiger partial charge >= 0.3 is 0 Å². The second-order valence-corrected chi connectivity index (χ2v) is 21.0. The molecule has 0 bridgehead atoms. The Morgan fingerprint density at radius 2 is 1.64 bits per heavy atom. The number of fused-ring (bicyclic) bond motifs is 3. The molecule has 6 heteroatoms. The summed E-state index contributed by atoms with van der Waals surface area (Å²) in [6, 6.07) is 10.9. The van der Waals surface area contributed by atoms with Gasteiger partial charge in [-0.05, 0) is 22.0 Å². The van der Waals surface area contributed by atoms with E-state index in [9.17, 15) is 0 Å². The number of hydrogen-bond acceptors (Lipinski definition) is 4. The van der Waals surface area contributed by atoms with Gasteiger partial charge in [0.1, 0.15) is 22.7 Å². The summed E-state index contributed by atoms with van der Waals surface area (Å²) in [6.45, 7) is 14.3. The quantitative estimate of drug-likeness (QED) is 0.343. The molecule has 2 aromatic carbocycles. The molecular formula is C22H24N2OSSi2. The molecule has 1 aliphatic heterocycles. The van der Waals surface area contributed by atoms with Crippen LogP contribution in [0.25, 0.3) is 32.2 Å². The highest BCUT2D eigenvalue weighted by atomic mass is 32.1. The monoisotopic (exact) mass is 420 g/mol. The molecule has 0 saturated carbocycles. The number of ether oxygens (including phenoxy) is 1. The van der Waals surface area contributed by atoms with Gasteiger partial charge in [0, 0.05) is 10.1 Å². The maximum atomic E-state index is 6.81. The molecule has 0 unspecified atom stereocenters. The molecule has 0 amide bonds. The van der Waals surface area contributed by atoms with E-state index in [1.807, 2.05) is 0 Å². The Bertz CT molecular complexity index is 1270. The fraction of sp³-hybridized carbons (Fsp3) is 0.273. The lowest BCUT2D eigenvalue weighted by Gasteiger charge is -2.29. The molecule has 5 rings (SSSR count). The molecule has 3 nitrogen and oxygen atoms in total. The van der Waals surface area contributed by atoms with E-state index < -0.39 is 16.1 Å². The van der Waals surface area contributed by atoms with Crippen molar-refractivity contribution in [2.45, 2.75) is 39.3 Å². The summed E-state index contributed by atoms with van der Waals surface area (Å²) in [5, 5.41) is 5.08. The minimum atomic E-state index is -1.68. The fourth-order valence-electron chi connectivity index (χ4n) is 4.16. The van der Waals surface area contributed by atoms with Crippen molar-refractivity contribution in [3.8, 4) is 22.8 Å². The summed E-state index contributed by atoms with van der Waals surface area (Å²) < 4.78 is 8.19. The average molecular weight is 421 g/mol. The van der Waals surface area contributed by atoms with Crippen molar-refractivity contribution < 1.29 is 4.74 Å². The predicted molar refractivity (Wildman–Crippen MR) is 126 cm³/mol. The zero-order valence-corrected chi connectivity index (χ0v) is 20.0. The molecule has 0 aliphatic carbocycles. The first-order valence-corrected chi connectivity index (χ1v) is 17.5. The summed E-state index contributed by atoms with van der Waals surface area (Å²) in [4.78, 5) is 10.4. The van der Waals surface area contributed by atoms with Crippen LogP contribution in [0.4, 0.5) is 0 Å². The summed E-state index contributed by atoms with van der Waals surface area (Å²) >= 11 is 1.79. The first-order chi connectivity index (χ1) is 13.2. The van der Waals surface area contributed by atoms with Crippen LogP contribution in [0, 0.1) is 0 Å².